The normalized spacial score (nSPS) is 19.8. The fourth-order valence-electron chi connectivity index (χ4n) is 5.03. The van der Waals surface area contributed by atoms with Gasteiger partial charge in [-0.05, 0) is 49.9 Å². The van der Waals surface area contributed by atoms with E-state index in [4.69, 9.17) is 4.52 Å². The lowest BCUT2D eigenvalue weighted by Gasteiger charge is -2.46. The lowest BCUT2D eigenvalue weighted by atomic mass is 9.81. The summed E-state index contributed by atoms with van der Waals surface area (Å²) in [7, 11) is 0. The number of hydrogen-bond donors (Lipinski definition) is 1. The van der Waals surface area contributed by atoms with Crippen LogP contribution in [-0.4, -0.2) is 50.4 Å². The van der Waals surface area contributed by atoms with Crippen LogP contribution < -0.4 is 5.32 Å². The van der Waals surface area contributed by atoms with Crippen molar-refractivity contribution in [1.82, 2.24) is 19.9 Å². The van der Waals surface area contributed by atoms with Gasteiger partial charge in [0.25, 0.3) is 0 Å². The van der Waals surface area contributed by atoms with Crippen molar-refractivity contribution in [3.8, 4) is 11.4 Å². The number of carbonyl (C=O) groups excluding carboxylic acids is 3. The van der Waals surface area contributed by atoms with E-state index in [-0.39, 0.29) is 42.8 Å². The highest BCUT2D eigenvalue weighted by Gasteiger charge is 2.47. The van der Waals surface area contributed by atoms with Crippen molar-refractivity contribution >= 4 is 23.5 Å². The van der Waals surface area contributed by atoms with Gasteiger partial charge in [-0.15, -0.1) is 0 Å². The van der Waals surface area contributed by atoms with Crippen LogP contribution in [0.15, 0.2) is 53.1 Å². The van der Waals surface area contributed by atoms with Gasteiger partial charge in [0.2, 0.25) is 23.5 Å². The fraction of sp³-hybridized carbons (Fsp3) is 0.370. The summed E-state index contributed by atoms with van der Waals surface area (Å²) in [6.45, 7) is 3.73. The zero-order valence-corrected chi connectivity index (χ0v) is 20.4. The zero-order chi connectivity index (χ0) is 25.2. The van der Waals surface area contributed by atoms with E-state index < -0.39 is 6.03 Å². The van der Waals surface area contributed by atoms with Crippen molar-refractivity contribution in [1.29, 1.82) is 0 Å². The van der Waals surface area contributed by atoms with Gasteiger partial charge in [0.15, 0.2) is 0 Å². The largest absolute Gasteiger partial charge is 0.337 e. The summed E-state index contributed by atoms with van der Waals surface area (Å²) in [5.74, 6) is -0.321. The minimum Gasteiger partial charge on any atom is -0.337 e. The molecule has 1 saturated carbocycles. The number of carbonyl (C=O) groups is 3. The average molecular weight is 488 g/mol. The topological polar surface area (TPSA) is 109 Å². The number of rotatable bonds is 6. The van der Waals surface area contributed by atoms with Gasteiger partial charge in [0, 0.05) is 17.3 Å². The number of aryl methyl sites for hydroxylation is 2. The molecule has 9 nitrogen and oxygen atoms in total. The second kappa shape index (κ2) is 9.93. The molecule has 1 aliphatic carbocycles. The predicted molar refractivity (Wildman–Crippen MR) is 133 cm³/mol. The molecule has 1 saturated heterocycles. The van der Waals surface area contributed by atoms with Gasteiger partial charge >= 0.3 is 6.03 Å². The maximum Gasteiger partial charge on any atom is 0.327 e. The molecule has 2 heterocycles. The molecule has 3 aromatic rings. The van der Waals surface area contributed by atoms with E-state index in [1.165, 1.54) is 4.90 Å². The summed E-state index contributed by atoms with van der Waals surface area (Å²) in [4.78, 5) is 46.9. The summed E-state index contributed by atoms with van der Waals surface area (Å²) in [5.41, 5.74) is 3.66. The third-order valence-corrected chi connectivity index (χ3v) is 7.09. The Labute approximate surface area is 209 Å². The molecule has 4 amide bonds. The minimum absolute atomic E-state index is 0.129. The lowest BCUT2D eigenvalue weighted by molar-refractivity contribution is -0.142. The molecular formula is C27H29N5O4. The highest BCUT2D eigenvalue weighted by Crippen LogP contribution is 2.35. The SMILES string of the molecule is Cc1ccc(NC(=O)CN2C(=O)N(Cc3nc(-c4ccccc4)no3)C(=O)C3CCCCC32)cc1C. The van der Waals surface area contributed by atoms with Crippen molar-refractivity contribution in [2.24, 2.45) is 5.92 Å². The van der Waals surface area contributed by atoms with Gasteiger partial charge in [0.05, 0.1) is 5.92 Å². The smallest absolute Gasteiger partial charge is 0.327 e. The second-order valence-electron chi connectivity index (χ2n) is 9.52. The number of imide groups is 1. The van der Waals surface area contributed by atoms with Crippen molar-refractivity contribution in [3.63, 3.8) is 0 Å². The second-order valence-corrected chi connectivity index (χ2v) is 9.52. The Hall–Kier alpha value is -4.01. The molecule has 2 unspecified atom stereocenters. The number of urea groups is 1. The maximum atomic E-state index is 13.5. The first kappa shape index (κ1) is 23.7. The molecule has 5 rings (SSSR count). The molecular weight excluding hydrogens is 458 g/mol. The van der Waals surface area contributed by atoms with Gasteiger partial charge in [-0.3, -0.25) is 14.5 Å². The average Bonchev–Trinajstić information content (AvgIpc) is 3.36. The Balaban J connectivity index is 1.34. The Bertz CT molecular complexity index is 1290. The Morgan fingerprint density at radius 1 is 1.06 bits per heavy atom. The van der Waals surface area contributed by atoms with E-state index in [2.05, 4.69) is 15.5 Å². The number of amides is 4. The van der Waals surface area contributed by atoms with Gasteiger partial charge < -0.3 is 14.7 Å². The first-order chi connectivity index (χ1) is 17.4. The number of nitrogens with one attached hydrogen (secondary N) is 1. The molecule has 1 aliphatic heterocycles. The molecule has 36 heavy (non-hydrogen) atoms. The van der Waals surface area contributed by atoms with E-state index in [0.29, 0.717) is 24.4 Å². The number of benzene rings is 2. The third kappa shape index (κ3) is 4.73. The van der Waals surface area contributed by atoms with Crippen LogP contribution in [0.3, 0.4) is 0 Å². The molecule has 1 N–H and O–H groups in total. The molecule has 2 fully saturated rings. The standard InChI is InChI=1S/C27H29N5O4/c1-17-12-13-20(14-18(17)2)28-23(33)15-31-22-11-7-6-10-21(22)26(34)32(27(31)35)16-24-29-25(30-36-24)19-8-4-3-5-9-19/h3-5,8-9,12-14,21-22H,6-7,10-11,15-16H2,1-2H3,(H,28,33). The van der Waals surface area contributed by atoms with Crippen LogP contribution in [0.2, 0.25) is 0 Å². The molecule has 1 aromatic heterocycles. The summed E-state index contributed by atoms with van der Waals surface area (Å²) >= 11 is 0. The molecule has 0 spiro atoms. The van der Waals surface area contributed by atoms with E-state index in [9.17, 15) is 14.4 Å². The number of fused-ring (bicyclic) bond motifs is 1. The summed E-state index contributed by atoms with van der Waals surface area (Å²) in [6, 6.07) is 14.2. The molecule has 9 heteroatoms. The molecule has 2 aromatic carbocycles. The van der Waals surface area contributed by atoms with Crippen LogP contribution in [0.1, 0.15) is 42.7 Å². The Morgan fingerprint density at radius 3 is 2.61 bits per heavy atom. The van der Waals surface area contributed by atoms with Gasteiger partial charge in [-0.1, -0.05) is 54.4 Å². The Morgan fingerprint density at radius 2 is 1.83 bits per heavy atom. The van der Waals surface area contributed by atoms with Crippen molar-refractivity contribution in [3.05, 3.63) is 65.5 Å². The number of nitrogens with zero attached hydrogens (tertiary/aromatic N) is 4. The quantitative estimate of drug-likeness (QED) is 0.555. The fourth-order valence-corrected chi connectivity index (χ4v) is 5.03. The van der Waals surface area contributed by atoms with Crippen LogP contribution >= 0.6 is 0 Å². The molecule has 2 atom stereocenters. The number of aromatic nitrogens is 2. The van der Waals surface area contributed by atoms with E-state index in [1.54, 1.807) is 0 Å². The van der Waals surface area contributed by atoms with Crippen molar-refractivity contribution < 1.29 is 18.9 Å². The van der Waals surface area contributed by atoms with Crippen LogP contribution in [0.4, 0.5) is 10.5 Å². The van der Waals surface area contributed by atoms with Crippen LogP contribution in [0, 0.1) is 19.8 Å². The van der Waals surface area contributed by atoms with Crippen molar-refractivity contribution in [2.45, 2.75) is 52.1 Å². The van der Waals surface area contributed by atoms with E-state index in [0.717, 1.165) is 34.4 Å². The molecule has 186 valence electrons. The maximum absolute atomic E-state index is 13.5. The number of anilines is 1. The zero-order valence-electron chi connectivity index (χ0n) is 20.4. The van der Waals surface area contributed by atoms with Crippen LogP contribution in [0.5, 0.6) is 0 Å². The molecule has 0 bridgehead atoms. The molecule has 0 radical (unpaired) electrons. The summed E-state index contributed by atoms with van der Waals surface area (Å²) in [6.07, 6.45) is 3.21. The summed E-state index contributed by atoms with van der Waals surface area (Å²) < 4.78 is 5.37. The molecule has 2 aliphatic rings. The van der Waals surface area contributed by atoms with E-state index in [1.807, 2.05) is 62.4 Å². The van der Waals surface area contributed by atoms with Crippen LogP contribution in [-0.2, 0) is 16.1 Å². The summed E-state index contributed by atoms with van der Waals surface area (Å²) in [5, 5.41) is 6.89. The third-order valence-electron chi connectivity index (χ3n) is 7.09. The first-order valence-corrected chi connectivity index (χ1v) is 12.3. The van der Waals surface area contributed by atoms with E-state index >= 15 is 0 Å². The van der Waals surface area contributed by atoms with Gasteiger partial charge in [-0.2, -0.15) is 4.98 Å². The number of hydrogen-bond acceptors (Lipinski definition) is 6. The highest BCUT2D eigenvalue weighted by molar-refractivity contribution is 6.01. The van der Waals surface area contributed by atoms with Gasteiger partial charge in [0.1, 0.15) is 13.1 Å². The Kier molecular flexibility index (Phi) is 6.54. The minimum atomic E-state index is -0.502. The predicted octanol–water partition coefficient (Wildman–Crippen LogP) is 4.32. The van der Waals surface area contributed by atoms with Gasteiger partial charge in [-0.25, -0.2) is 4.79 Å². The van der Waals surface area contributed by atoms with Crippen LogP contribution in [0.25, 0.3) is 11.4 Å². The van der Waals surface area contributed by atoms with Crippen molar-refractivity contribution in [2.75, 3.05) is 11.9 Å². The highest BCUT2D eigenvalue weighted by atomic mass is 16.5. The first-order valence-electron chi connectivity index (χ1n) is 12.3. The lowest BCUT2D eigenvalue weighted by Crippen LogP contribution is -2.63. The monoisotopic (exact) mass is 487 g/mol.